The van der Waals surface area contributed by atoms with Gasteiger partial charge >= 0.3 is 0 Å². The Hall–Kier alpha value is -3.19. The van der Waals surface area contributed by atoms with E-state index in [1.54, 1.807) is 10.7 Å². The highest BCUT2D eigenvalue weighted by atomic mass is 35.5. The number of nitrogens with one attached hydrogen (secondary N) is 2. The van der Waals surface area contributed by atoms with Gasteiger partial charge in [0, 0.05) is 11.2 Å². The normalized spacial score (nSPS) is 10.4. The third-order valence-corrected chi connectivity index (χ3v) is 3.96. The van der Waals surface area contributed by atoms with Crippen LogP contribution in [0.15, 0.2) is 60.9 Å². The molecule has 2 aromatic carbocycles. The number of carbonyl (C=O) groups excluding carboxylic acids is 2. The minimum absolute atomic E-state index is 0.165. The number of nitrogens with zero attached hydrogens (tertiary/aromatic N) is 2. The summed E-state index contributed by atoms with van der Waals surface area (Å²) in [4.78, 5) is 24.0. The zero-order valence-corrected chi connectivity index (χ0v) is 14.2. The summed E-state index contributed by atoms with van der Waals surface area (Å²) in [7, 11) is 0. The fraction of sp³-hybridized carbons (Fsp3) is 0.0556. The largest absolute Gasteiger partial charge is 0.272 e. The molecule has 3 rings (SSSR count). The smallest absolute Gasteiger partial charge is 0.267 e. The molecule has 0 aliphatic rings. The van der Waals surface area contributed by atoms with E-state index in [0.717, 1.165) is 11.6 Å². The number of rotatable bonds is 4. The van der Waals surface area contributed by atoms with E-state index in [1.165, 1.54) is 30.6 Å². The summed E-state index contributed by atoms with van der Waals surface area (Å²) in [5, 5.41) is 4.70. The van der Waals surface area contributed by atoms with E-state index < -0.39 is 17.6 Å². The number of hydrogen-bond donors (Lipinski definition) is 2. The van der Waals surface area contributed by atoms with Gasteiger partial charge in [0.2, 0.25) is 0 Å². The van der Waals surface area contributed by atoms with Crippen LogP contribution in [0, 0.1) is 5.82 Å². The van der Waals surface area contributed by atoms with Crippen LogP contribution in [0.25, 0.3) is 0 Å². The van der Waals surface area contributed by atoms with Crippen molar-refractivity contribution in [1.82, 2.24) is 20.6 Å². The van der Waals surface area contributed by atoms with Crippen LogP contribution < -0.4 is 10.9 Å². The molecule has 0 saturated carbocycles. The molecule has 1 aromatic heterocycles. The van der Waals surface area contributed by atoms with Crippen LogP contribution in [0.1, 0.15) is 26.3 Å². The van der Waals surface area contributed by atoms with Crippen LogP contribution in [0.5, 0.6) is 0 Å². The maximum Gasteiger partial charge on any atom is 0.272 e. The lowest BCUT2D eigenvalue weighted by atomic mass is 10.2. The Morgan fingerprint density at radius 2 is 1.73 bits per heavy atom. The summed E-state index contributed by atoms with van der Waals surface area (Å²) in [6, 6.07) is 12.8. The number of hydrogen-bond acceptors (Lipinski definition) is 3. The molecule has 1 heterocycles. The molecule has 2 amide bonds. The summed E-state index contributed by atoms with van der Waals surface area (Å²) >= 11 is 6.10. The highest BCUT2D eigenvalue weighted by Crippen LogP contribution is 2.16. The molecule has 0 unspecified atom stereocenters. The van der Waals surface area contributed by atoms with Crippen molar-refractivity contribution in [2.24, 2.45) is 0 Å². The highest BCUT2D eigenvalue weighted by Gasteiger charge is 2.14. The minimum Gasteiger partial charge on any atom is -0.267 e. The second kappa shape index (κ2) is 7.79. The van der Waals surface area contributed by atoms with Crippen molar-refractivity contribution < 1.29 is 14.0 Å². The molecule has 0 aliphatic carbocycles. The van der Waals surface area contributed by atoms with Gasteiger partial charge in [0.05, 0.1) is 23.9 Å². The van der Waals surface area contributed by atoms with Crippen LogP contribution in [0.2, 0.25) is 5.02 Å². The molecular weight excluding hydrogens is 359 g/mol. The molecule has 0 atom stereocenters. The lowest BCUT2D eigenvalue weighted by molar-refractivity contribution is 0.0844. The molecule has 132 valence electrons. The summed E-state index contributed by atoms with van der Waals surface area (Å²) in [6.45, 7) is 0.397. The van der Waals surface area contributed by atoms with Crippen LogP contribution in [-0.4, -0.2) is 21.6 Å². The van der Waals surface area contributed by atoms with Gasteiger partial charge in [0.25, 0.3) is 11.8 Å². The number of aromatic nitrogens is 2. The minimum atomic E-state index is -0.750. The third kappa shape index (κ3) is 4.07. The number of benzene rings is 2. The average molecular weight is 373 g/mol. The lowest BCUT2D eigenvalue weighted by Gasteiger charge is -2.07. The molecule has 3 aromatic rings. The second-order valence-corrected chi connectivity index (χ2v) is 5.81. The maximum atomic E-state index is 13.5. The van der Waals surface area contributed by atoms with Crippen LogP contribution in [0.4, 0.5) is 4.39 Å². The SMILES string of the molecule is O=C(NNC(=O)c1ccccc1F)c1cnn(Cc2ccccc2Cl)c1. The van der Waals surface area contributed by atoms with Crippen LogP contribution in [0.3, 0.4) is 0 Å². The summed E-state index contributed by atoms with van der Waals surface area (Å²) in [5.41, 5.74) is 5.33. The molecule has 0 saturated heterocycles. The Morgan fingerprint density at radius 3 is 2.50 bits per heavy atom. The predicted octanol–water partition coefficient (Wildman–Crippen LogP) is 2.80. The molecule has 0 aliphatic heterocycles. The fourth-order valence-electron chi connectivity index (χ4n) is 2.27. The summed E-state index contributed by atoms with van der Waals surface area (Å²) < 4.78 is 15.1. The first-order valence-corrected chi connectivity index (χ1v) is 8.03. The Labute approximate surface area is 153 Å². The first kappa shape index (κ1) is 17.6. The van der Waals surface area contributed by atoms with Gasteiger partial charge in [-0.15, -0.1) is 0 Å². The fourth-order valence-corrected chi connectivity index (χ4v) is 2.46. The Balaban J connectivity index is 1.61. The summed E-state index contributed by atoms with van der Waals surface area (Å²) in [6.07, 6.45) is 2.88. The van der Waals surface area contributed by atoms with Crippen LogP contribution in [-0.2, 0) is 6.54 Å². The number of carbonyl (C=O) groups is 2. The Bertz CT molecular complexity index is 958. The Morgan fingerprint density at radius 1 is 1.04 bits per heavy atom. The second-order valence-electron chi connectivity index (χ2n) is 5.41. The van der Waals surface area contributed by atoms with Gasteiger partial charge in [-0.05, 0) is 23.8 Å². The topological polar surface area (TPSA) is 76.0 Å². The van der Waals surface area contributed by atoms with Gasteiger partial charge in [0.1, 0.15) is 5.82 Å². The molecular formula is C18H14ClFN4O2. The standard InChI is InChI=1S/C18H14ClFN4O2/c19-15-7-3-1-5-12(15)10-24-11-13(9-21-24)17(25)22-23-18(26)14-6-2-4-8-16(14)20/h1-9,11H,10H2,(H,22,25)(H,23,26). The zero-order chi connectivity index (χ0) is 18.5. The van der Waals surface area contributed by atoms with Crippen molar-refractivity contribution in [1.29, 1.82) is 0 Å². The molecule has 26 heavy (non-hydrogen) atoms. The van der Waals surface area contributed by atoms with E-state index in [0.29, 0.717) is 11.6 Å². The number of hydrazine groups is 1. The van der Waals surface area contributed by atoms with Gasteiger partial charge in [-0.1, -0.05) is 41.9 Å². The predicted molar refractivity (Wildman–Crippen MR) is 94.1 cm³/mol. The van der Waals surface area contributed by atoms with Crippen molar-refractivity contribution in [3.63, 3.8) is 0 Å². The van der Waals surface area contributed by atoms with Gasteiger partial charge in [0.15, 0.2) is 0 Å². The van der Waals surface area contributed by atoms with E-state index in [9.17, 15) is 14.0 Å². The van der Waals surface area contributed by atoms with Gasteiger partial charge < -0.3 is 0 Å². The quantitative estimate of drug-likeness (QED) is 0.691. The lowest BCUT2D eigenvalue weighted by Crippen LogP contribution is -2.41. The van der Waals surface area contributed by atoms with Gasteiger partial charge in [-0.25, -0.2) is 4.39 Å². The third-order valence-electron chi connectivity index (χ3n) is 3.59. The number of halogens is 2. The van der Waals surface area contributed by atoms with E-state index in [-0.39, 0.29) is 11.1 Å². The van der Waals surface area contributed by atoms with Gasteiger partial charge in [-0.2, -0.15) is 5.10 Å². The van der Waals surface area contributed by atoms with Crippen molar-refractivity contribution in [3.8, 4) is 0 Å². The molecule has 0 radical (unpaired) electrons. The molecule has 0 fully saturated rings. The molecule has 2 N–H and O–H groups in total. The zero-order valence-electron chi connectivity index (χ0n) is 13.4. The average Bonchev–Trinajstić information content (AvgIpc) is 3.10. The molecule has 6 nitrogen and oxygen atoms in total. The molecule has 8 heteroatoms. The van der Waals surface area contributed by atoms with E-state index in [2.05, 4.69) is 16.0 Å². The van der Waals surface area contributed by atoms with Crippen molar-refractivity contribution >= 4 is 23.4 Å². The van der Waals surface area contributed by atoms with Crippen molar-refractivity contribution in [3.05, 3.63) is 88.5 Å². The maximum absolute atomic E-state index is 13.5. The van der Waals surface area contributed by atoms with E-state index in [4.69, 9.17) is 11.6 Å². The molecule has 0 spiro atoms. The first-order valence-electron chi connectivity index (χ1n) is 7.65. The Kier molecular flexibility index (Phi) is 5.28. The summed E-state index contributed by atoms with van der Waals surface area (Å²) in [5.74, 6) is -1.99. The molecule has 0 bridgehead atoms. The van der Waals surface area contributed by atoms with E-state index in [1.807, 2.05) is 18.2 Å². The van der Waals surface area contributed by atoms with E-state index >= 15 is 0 Å². The monoisotopic (exact) mass is 372 g/mol. The first-order chi connectivity index (χ1) is 12.5. The van der Waals surface area contributed by atoms with Crippen molar-refractivity contribution in [2.45, 2.75) is 6.54 Å². The number of amides is 2. The highest BCUT2D eigenvalue weighted by molar-refractivity contribution is 6.31. The van der Waals surface area contributed by atoms with Gasteiger partial charge in [-0.3, -0.25) is 25.1 Å². The van der Waals surface area contributed by atoms with Crippen LogP contribution >= 0.6 is 11.6 Å². The van der Waals surface area contributed by atoms with Crippen molar-refractivity contribution in [2.75, 3.05) is 0 Å².